The van der Waals surface area contributed by atoms with Gasteiger partial charge in [-0.3, -0.25) is 9.59 Å². The van der Waals surface area contributed by atoms with E-state index < -0.39 is 17.5 Å². The van der Waals surface area contributed by atoms with E-state index in [1.54, 1.807) is 0 Å². The van der Waals surface area contributed by atoms with Crippen LogP contribution in [0.1, 0.15) is 82.5 Å². The van der Waals surface area contributed by atoms with Crippen LogP contribution in [0, 0.1) is 46.1 Å². The Bertz CT molecular complexity index is 978. The number of amides is 2. The number of halogens is 2. The largest absolute Gasteiger partial charge is 0.349 e. The predicted octanol–water partition coefficient (Wildman–Crippen LogP) is 5.56. The van der Waals surface area contributed by atoms with E-state index in [9.17, 15) is 18.4 Å². The van der Waals surface area contributed by atoms with Crippen LogP contribution in [-0.2, 0) is 4.79 Å². The van der Waals surface area contributed by atoms with Gasteiger partial charge in [0.25, 0.3) is 5.91 Å². The number of hydrogen-bond donors (Lipinski definition) is 1. The van der Waals surface area contributed by atoms with Gasteiger partial charge in [0, 0.05) is 37.2 Å². The van der Waals surface area contributed by atoms with Gasteiger partial charge in [-0.05, 0) is 98.5 Å². The molecule has 186 valence electrons. The number of hydrogen-bond acceptors (Lipinski definition) is 2. The molecule has 0 bridgehead atoms. The first-order chi connectivity index (χ1) is 16.0. The van der Waals surface area contributed by atoms with Gasteiger partial charge in [-0.25, -0.2) is 8.78 Å². The topological polar surface area (TPSA) is 49.4 Å². The minimum Gasteiger partial charge on any atom is -0.349 e. The van der Waals surface area contributed by atoms with E-state index in [1.807, 2.05) is 11.9 Å². The summed E-state index contributed by atoms with van der Waals surface area (Å²) < 4.78 is 27.2. The standard InChI is InChI=1S/C28H38F2N2O2/c1-16(31-26(34)17-13-18(29)15-19(30)14-17)21-6-7-22-20-5-8-24-28(3,12-10-25(33)32(24)4)23(20)9-11-27(21,22)2/h13-16,20-24H,5-12H2,1-4H3,(H,31,34)/t16?,20-,21+,22-,23-,24+,27+,28+/m0/s1. The third-order valence-electron chi connectivity index (χ3n) is 10.7. The monoisotopic (exact) mass is 472 g/mol. The molecule has 2 amide bonds. The molecule has 4 aliphatic rings. The summed E-state index contributed by atoms with van der Waals surface area (Å²) in [6.45, 7) is 6.91. The van der Waals surface area contributed by atoms with Gasteiger partial charge in [0.1, 0.15) is 11.6 Å². The van der Waals surface area contributed by atoms with Crippen LogP contribution in [0.4, 0.5) is 8.78 Å². The molecule has 1 unspecified atom stereocenters. The van der Waals surface area contributed by atoms with E-state index in [2.05, 4.69) is 26.1 Å². The van der Waals surface area contributed by atoms with Gasteiger partial charge in [-0.1, -0.05) is 13.8 Å². The summed E-state index contributed by atoms with van der Waals surface area (Å²) in [5, 5.41) is 3.07. The first-order valence-corrected chi connectivity index (χ1v) is 13.1. The molecule has 6 heteroatoms. The van der Waals surface area contributed by atoms with Crippen molar-refractivity contribution in [1.82, 2.24) is 10.2 Å². The average molecular weight is 473 g/mol. The zero-order valence-electron chi connectivity index (χ0n) is 20.9. The molecule has 0 radical (unpaired) electrons. The summed E-state index contributed by atoms with van der Waals surface area (Å²) in [6, 6.07) is 3.29. The smallest absolute Gasteiger partial charge is 0.251 e. The molecule has 34 heavy (non-hydrogen) atoms. The van der Waals surface area contributed by atoms with Crippen molar-refractivity contribution in [2.45, 2.75) is 84.2 Å². The highest BCUT2D eigenvalue weighted by molar-refractivity contribution is 5.94. The number of carbonyl (C=O) groups excluding carboxylic acids is 2. The van der Waals surface area contributed by atoms with Crippen molar-refractivity contribution >= 4 is 11.8 Å². The first kappa shape index (κ1) is 23.7. The van der Waals surface area contributed by atoms with Crippen LogP contribution in [0.25, 0.3) is 0 Å². The van der Waals surface area contributed by atoms with Crippen molar-refractivity contribution in [2.24, 2.45) is 34.5 Å². The molecule has 5 rings (SSSR count). The molecule has 3 saturated carbocycles. The number of benzene rings is 1. The number of nitrogens with one attached hydrogen (secondary N) is 1. The van der Waals surface area contributed by atoms with E-state index in [4.69, 9.17) is 0 Å². The molecule has 3 aliphatic carbocycles. The lowest BCUT2D eigenvalue weighted by molar-refractivity contribution is -0.158. The zero-order chi connectivity index (χ0) is 24.4. The van der Waals surface area contributed by atoms with Crippen LogP contribution in [0.3, 0.4) is 0 Å². The number of fused-ring (bicyclic) bond motifs is 5. The van der Waals surface area contributed by atoms with Crippen LogP contribution in [0.2, 0.25) is 0 Å². The van der Waals surface area contributed by atoms with Crippen molar-refractivity contribution in [1.29, 1.82) is 0 Å². The van der Waals surface area contributed by atoms with Gasteiger partial charge in [0.2, 0.25) is 5.91 Å². The Morgan fingerprint density at radius 2 is 1.68 bits per heavy atom. The molecular formula is C28H38F2N2O2. The highest BCUT2D eigenvalue weighted by atomic mass is 19.1. The van der Waals surface area contributed by atoms with Crippen molar-refractivity contribution in [3.8, 4) is 0 Å². The number of nitrogens with zero attached hydrogens (tertiary/aromatic N) is 1. The summed E-state index contributed by atoms with van der Waals surface area (Å²) in [5.41, 5.74) is 0.391. The van der Waals surface area contributed by atoms with Crippen molar-refractivity contribution in [3.05, 3.63) is 35.4 Å². The maximum absolute atomic E-state index is 13.6. The number of carbonyl (C=O) groups is 2. The zero-order valence-corrected chi connectivity index (χ0v) is 20.9. The third-order valence-corrected chi connectivity index (χ3v) is 10.7. The fourth-order valence-electron chi connectivity index (χ4n) is 9.09. The fourth-order valence-corrected chi connectivity index (χ4v) is 9.09. The molecule has 8 atom stereocenters. The van der Waals surface area contributed by atoms with Gasteiger partial charge in [-0.15, -0.1) is 0 Å². The van der Waals surface area contributed by atoms with Gasteiger partial charge >= 0.3 is 0 Å². The normalized spacial score (nSPS) is 40.2. The number of likely N-dealkylation sites (tertiary alicyclic amines) is 1. The van der Waals surface area contributed by atoms with E-state index in [1.165, 1.54) is 19.3 Å². The Kier molecular flexibility index (Phi) is 5.80. The summed E-state index contributed by atoms with van der Waals surface area (Å²) in [7, 11) is 2.00. The number of rotatable bonds is 3. The Labute approximate surface area is 201 Å². The highest BCUT2D eigenvalue weighted by Gasteiger charge is 2.61. The summed E-state index contributed by atoms with van der Waals surface area (Å²) in [5.74, 6) is 0.724. The molecule has 0 spiro atoms. The maximum atomic E-state index is 13.6. The fraction of sp³-hybridized carbons (Fsp3) is 0.714. The van der Waals surface area contributed by atoms with Gasteiger partial charge in [0.05, 0.1) is 0 Å². The second-order valence-electron chi connectivity index (χ2n) is 12.1. The minimum absolute atomic E-state index is 0.0370. The Balaban J connectivity index is 1.32. The third kappa shape index (κ3) is 3.58. The van der Waals surface area contributed by atoms with E-state index in [0.29, 0.717) is 42.0 Å². The minimum atomic E-state index is -0.733. The second kappa shape index (κ2) is 8.30. The summed E-state index contributed by atoms with van der Waals surface area (Å²) in [4.78, 5) is 27.2. The lowest BCUT2D eigenvalue weighted by atomic mass is 9.46. The predicted molar refractivity (Wildman–Crippen MR) is 127 cm³/mol. The highest BCUT2D eigenvalue weighted by Crippen LogP contribution is 2.66. The quantitative estimate of drug-likeness (QED) is 0.626. The van der Waals surface area contributed by atoms with Gasteiger partial charge in [0.15, 0.2) is 0 Å². The molecule has 1 aromatic carbocycles. The van der Waals surface area contributed by atoms with E-state index in [-0.39, 0.29) is 22.4 Å². The van der Waals surface area contributed by atoms with Crippen LogP contribution >= 0.6 is 0 Å². The van der Waals surface area contributed by atoms with Crippen LogP contribution in [-0.4, -0.2) is 35.8 Å². The molecule has 4 fully saturated rings. The Morgan fingerprint density at radius 1 is 1.00 bits per heavy atom. The molecule has 1 N–H and O–H groups in total. The molecule has 1 aromatic rings. The molecule has 1 heterocycles. The number of piperidine rings is 1. The van der Waals surface area contributed by atoms with Crippen molar-refractivity contribution in [2.75, 3.05) is 7.05 Å². The lowest BCUT2D eigenvalue weighted by Crippen LogP contribution is -2.61. The van der Waals surface area contributed by atoms with Crippen molar-refractivity contribution in [3.63, 3.8) is 0 Å². The lowest BCUT2D eigenvalue weighted by Gasteiger charge is -2.62. The maximum Gasteiger partial charge on any atom is 0.251 e. The van der Waals surface area contributed by atoms with E-state index in [0.717, 1.165) is 43.9 Å². The average Bonchev–Trinajstić information content (AvgIpc) is 3.13. The van der Waals surface area contributed by atoms with Gasteiger partial charge in [-0.2, -0.15) is 0 Å². The second-order valence-corrected chi connectivity index (χ2v) is 12.1. The first-order valence-electron chi connectivity index (χ1n) is 13.1. The molecule has 1 saturated heterocycles. The Hall–Kier alpha value is -1.98. The summed E-state index contributed by atoms with van der Waals surface area (Å²) >= 11 is 0. The van der Waals surface area contributed by atoms with Gasteiger partial charge < -0.3 is 10.2 Å². The van der Waals surface area contributed by atoms with Crippen LogP contribution in [0.15, 0.2) is 18.2 Å². The molecular weight excluding hydrogens is 434 g/mol. The molecule has 0 aromatic heterocycles. The Morgan fingerprint density at radius 3 is 2.38 bits per heavy atom. The summed E-state index contributed by atoms with van der Waals surface area (Å²) in [6.07, 6.45) is 8.51. The molecule has 1 aliphatic heterocycles. The van der Waals surface area contributed by atoms with Crippen LogP contribution in [0.5, 0.6) is 0 Å². The van der Waals surface area contributed by atoms with Crippen LogP contribution < -0.4 is 5.32 Å². The van der Waals surface area contributed by atoms with Crippen molar-refractivity contribution < 1.29 is 18.4 Å². The van der Waals surface area contributed by atoms with E-state index >= 15 is 0 Å². The molecule has 4 nitrogen and oxygen atoms in total. The SMILES string of the molecule is CC(NC(=O)c1cc(F)cc(F)c1)[C@H]1CC[C@H]2[C@@H]3CC[C@H]4N(C)C(=O)CC[C@]4(C)[C@H]3CC[C@]12C.